The van der Waals surface area contributed by atoms with Crippen molar-refractivity contribution in [1.29, 1.82) is 0 Å². The van der Waals surface area contributed by atoms with Gasteiger partial charge in [0.2, 0.25) is 5.82 Å². The van der Waals surface area contributed by atoms with Crippen LogP contribution in [0.3, 0.4) is 0 Å². The van der Waals surface area contributed by atoms with Crippen molar-refractivity contribution >= 4 is 0 Å². The molecule has 18 heavy (non-hydrogen) atoms. The number of ether oxygens (including phenoxy) is 1. The van der Waals surface area contributed by atoms with Crippen molar-refractivity contribution in [3.05, 3.63) is 32.9 Å². The van der Waals surface area contributed by atoms with Gasteiger partial charge in [-0.1, -0.05) is 20.8 Å². The molecule has 104 valence electrons. The summed E-state index contributed by atoms with van der Waals surface area (Å²) < 4.78 is 19.2. The summed E-state index contributed by atoms with van der Waals surface area (Å²) in [6.45, 7) is 6.28. The standard InChI is InChI=1S/C10H15FN2O3.C2H6/c1-3-7(16-2)4-5-13-6-8(11)9(14)12-10(13)15;1-2/h6-7H,3-5H2,1-2H3,(H,12,14,15);1-2H3. The van der Waals surface area contributed by atoms with E-state index in [1.165, 1.54) is 0 Å². The van der Waals surface area contributed by atoms with Crippen LogP contribution in [-0.4, -0.2) is 22.8 Å². The number of aromatic nitrogens is 2. The first-order valence-corrected chi connectivity index (χ1v) is 6.10. The van der Waals surface area contributed by atoms with E-state index in [9.17, 15) is 14.0 Å². The van der Waals surface area contributed by atoms with Crippen molar-refractivity contribution in [2.24, 2.45) is 0 Å². The van der Waals surface area contributed by atoms with E-state index < -0.39 is 17.1 Å². The third kappa shape index (κ3) is 4.83. The second-order valence-electron chi connectivity index (χ2n) is 3.48. The van der Waals surface area contributed by atoms with Crippen LogP contribution in [0.25, 0.3) is 0 Å². The SMILES string of the molecule is CC.CCC(CCn1cc(F)c(=O)[nH]c1=O)OC. The number of nitrogens with one attached hydrogen (secondary N) is 1. The molecule has 0 fully saturated rings. The Kier molecular flexibility index (Phi) is 7.94. The van der Waals surface area contributed by atoms with Gasteiger partial charge >= 0.3 is 5.69 Å². The van der Waals surface area contributed by atoms with Gasteiger partial charge in [0.05, 0.1) is 12.3 Å². The topological polar surface area (TPSA) is 64.1 Å². The summed E-state index contributed by atoms with van der Waals surface area (Å²) in [5.41, 5.74) is -1.59. The Morgan fingerprint density at radius 2 is 2.06 bits per heavy atom. The molecule has 1 rings (SSSR count). The zero-order valence-electron chi connectivity index (χ0n) is 11.3. The number of halogens is 1. The molecule has 0 saturated heterocycles. The van der Waals surface area contributed by atoms with Gasteiger partial charge in [0, 0.05) is 13.7 Å². The zero-order chi connectivity index (χ0) is 14.1. The fourth-order valence-electron chi connectivity index (χ4n) is 1.42. The van der Waals surface area contributed by atoms with E-state index in [0.29, 0.717) is 13.0 Å². The number of aromatic amines is 1. The Balaban J connectivity index is 0.00000137. The molecule has 1 aromatic heterocycles. The predicted molar refractivity (Wildman–Crippen MR) is 68.3 cm³/mol. The highest BCUT2D eigenvalue weighted by atomic mass is 19.1. The number of H-pyrrole nitrogens is 1. The van der Waals surface area contributed by atoms with Crippen LogP contribution in [0.15, 0.2) is 15.8 Å². The van der Waals surface area contributed by atoms with Gasteiger partial charge in [-0.25, -0.2) is 4.79 Å². The minimum absolute atomic E-state index is 0.0295. The summed E-state index contributed by atoms with van der Waals surface area (Å²) in [4.78, 5) is 24.0. The van der Waals surface area contributed by atoms with Crippen molar-refractivity contribution in [3.63, 3.8) is 0 Å². The first-order valence-electron chi connectivity index (χ1n) is 6.10. The molecule has 6 heteroatoms. The highest BCUT2D eigenvalue weighted by Gasteiger charge is 2.07. The summed E-state index contributed by atoms with van der Waals surface area (Å²) in [6.07, 6.45) is 2.36. The van der Waals surface area contributed by atoms with Crippen molar-refractivity contribution in [2.45, 2.75) is 46.3 Å². The second kappa shape index (κ2) is 8.63. The minimum atomic E-state index is -0.986. The van der Waals surface area contributed by atoms with Gasteiger partial charge < -0.3 is 4.74 Å². The first-order chi connectivity index (χ1) is 8.58. The molecule has 0 bridgehead atoms. The van der Waals surface area contributed by atoms with Crippen LogP contribution >= 0.6 is 0 Å². The van der Waals surface area contributed by atoms with E-state index in [-0.39, 0.29) is 6.10 Å². The number of aryl methyl sites for hydroxylation is 1. The summed E-state index contributed by atoms with van der Waals surface area (Å²) in [5, 5.41) is 0. The van der Waals surface area contributed by atoms with Gasteiger partial charge in [-0.2, -0.15) is 4.39 Å². The quantitative estimate of drug-likeness (QED) is 0.873. The molecule has 0 aliphatic heterocycles. The van der Waals surface area contributed by atoms with Gasteiger partial charge in [0.15, 0.2) is 0 Å². The summed E-state index contributed by atoms with van der Waals surface area (Å²) in [7, 11) is 1.59. The molecule has 1 aromatic rings. The molecule has 0 spiro atoms. The zero-order valence-corrected chi connectivity index (χ0v) is 11.3. The fourth-order valence-corrected chi connectivity index (χ4v) is 1.42. The van der Waals surface area contributed by atoms with Crippen molar-refractivity contribution < 1.29 is 9.13 Å². The van der Waals surface area contributed by atoms with E-state index in [1.54, 1.807) is 7.11 Å². The van der Waals surface area contributed by atoms with E-state index in [1.807, 2.05) is 25.8 Å². The lowest BCUT2D eigenvalue weighted by molar-refractivity contribution is 0.0878. The molecule has 0 aliphatic carbocycles. The second-order valence-corrected chi connectivity index (χ2v) is 3.48. The Morgan fingerprint density at radius 3 is 2.56 bits per heavy atom. The minimum Gasteiger partial charge on any atom is -0.381 e. The molecule has 0 amide bonds. The lowest BCUT2D eigenvalue weighted by atomic mass is 10.2. The molecule has 0 radical (unpaired) electrons. The highest BCUT2D eigenvalue weighted by molar-refractivity contribution is 4.87. The molecule has 5 nitrogen and oxygen atoms in total. The number of nitrogens with zero attached hydrogens (tertiary/aromatic N) is 1. The molecule has 0 saturated carbocycles. The monoisotopic (exact) mass is 260 g/mol. The highest BCUT2D eigenvalue weighted by Crippen LogP contribution is 2.02. The molecule has 1 unspecified atom stereocenters. The first kappa shape index (κ1) is 16.6. The Bertz CT molecular complexity index is 449. The lowest BCUT2D eigenvalue weighted by Gasteiger charge is -2.13. The molecular formula is C12H21FN2O3. The van der Waals surface area contributed by atoms with Gasteiger partial charge in [0.1, 0.15) is 0 Å². The van der Waals surface area contributed by atoms with E-state index >= 15 is 0 Å². The number of methoxy groups -OCH3 is 1. The Labute approximate surface area is 106 Å². The summed E-state index contributed by atoms with van der Waals surface area (Å²) >= 11 is 0. The average Bonchev–Trinajstić information content (AvgIpc) is 2.39. The largest absolute Gasteiger partial charge is 0.381 e. The smallest absolute Gasteiger partial charge is 0.328 e. The average molecular weight is 260 g/mol. The number of hydrogen-bond acceptors (Lipinski definition) is 3. The van der Waals surface area contributed by atoms with Gasteiger partial charge in [-0.3, -0.25) is 14.3 Å². The number of rotatable bonds is 5. The van der Waals surface area contributed by atoms with E-state index in [2.05, 4.69) is 0 Å². The van der Waals surface area contributed by atoms with E-state index in [0.717, 1.165) is 17.2 Å². The molecule has 1 atom stereocenters. The molecule has 0 aliphatic rings. The maximum absolute atomic E-state index is 12.9. The third-order valence-electron chi connectivity index (χ3n) is 2.45. The third-order valence-corrected chi connectivity index (χ3v) is 2.45. The molecular weight excluding hydrogens is 239 g/mol. The van der Waals surface area contributed by atoms with Crippen LogP contribution in [0.2, 0.25) is 0 Å². The van der Waals surface area contributed by atoms with Crippen LogP contribution in [0.4, 0.5) is 4.39 Å². The Morgan fingerprint density at radius 1 is 1.44 bits per heavy atom. The van der Waals surface area contributed by atoms with Gasteiger partial charge in [-0.05, 0) is 12.8 Å². The Hall–Kier alpha value is -1.43. The van der Waals surface area contributed by atoms with E-state index in [4.69, 9.17) is 4.74 Å². The number of hydrogen-bond donors (Lipinski definition) is 1. The van der Waals surface area contributed by atoms with Crippen LogP contribution < -0.4 is 11.2 Å². The van der Waals surface area contributed by atoms with Crippen LogP contribution in [0.1, 0.15) is 33.6 Å². The molecule has 1 heterocycles. The molecule has 0 aromatic carbocycles. The summed E-state index contributed by atoms with van der Waals surface area (Å²) in [5.74, 6) is -0.954. The molecule has 1 N–H and O–H groups in total. The van der Waals surface area contributed by atoms with Gasteiger partial charge in [-0.15, -0.1) is 0 Å². The van der Waals surface area contributed by atoms with Crippen molar-refractivity contribution in [3.8, 4) is 0 Å². The predicted octanol–water partition coefficient (Wildman–Crippen LogP) is 1.52. The maximum Gasteiger partial charge on any atom is 0.328 e. The fraction of sp³-hybridized carbons (Fsp3) is 0.667. The maximum atomic E-state index is 12.9. The normalized spacial score (nSPS) is 11.6. The lowest BCUT2D eigenvalue weighted by Crippen LogP contribution is -2.32. The van der Waals surface area contributed by atoms with Crippen LogP contribution in [0, 0.1) is 5.82 Å². The summed E-state index contributed by atoms with van der Waals surface area (Å²) in [6, 6.07) is 0. The van der Waals surface area contributed by atoms with Crippen molar-refractivity contribution in [2.75, 3.05) is 7.11 Å². The van der Waals surface area contributed by atoms with Gasteiger partial charge in [0.25, 0.3) is 5.56 Å². The van der Waals surface area contributed by atoms with Crippen LogP contribution in [0.5, 0.6) is 0 Å². The van der Waals surface area contributed by atoms with Crippen LogP contribution in [-0.2, 0) is 11.3 Å². The van der Waals surface area contributed by atoms with Crippen molar-refractivity contribution in [1.82, 2.24) is 9.55 Å².